The summed E-state index contributed by atoms with van der Waals surface area (Å²) in [7, 11) is 0. The number of fused-ring (bicyclic) bond motifs is 4. The van der Waals surface area contributed by atoms with Crippen molar-refractivity contribution in [3.05, 3.63) is 154 Å². The Morgan fingerprint density at radius 3 is 0.850 bits per heavy atom. The molecule has 0 fully saturated rings. The highest BCUT2D eigenvalue weighted by Crippen LogP contribution is 2.40. The van der Waals surface area contributed by atoms with Crippen molar-refractivity contribution < 1.29 is 126 Å². The first kappa shape index (κ1) is 80.6. The zero-order valence-corrected chi connectivity index (χ0v) is 59.5. The van der Waals surface area contributed by atoms with E-state index in [0.717, 1.165) is 23.7 Å². The summed E-state index contributed by atoms with van der Waals surface area (Å²) in [5.74, 6) is -12.5. The number of hydrogen-bond acceptors (Lipinski definition) is 23. The number of primary amides is 4. The Bertz CT molecular complexity index is 4840. The van der Waals surface area contributed by atoms with E-state index in [0.29, 0.717) is 34.5 Å². The smallest absolute Gasteiger partial charge is 0.373 e. The first-order valence-corrected chi connectivity index (χ1v) is 32.4. The van der Waals surface area contributed by atoms with Gasteiger partial charge < -0.3 is 105 Å². The van der Waals surface area contributed by atoms with Gasteiger partial charge in [-0.1, -0.05) is 61.0 Å². The lowest BCUT2D eigenvalue weighted by atomic mass is 9.98. The molecule has 0 aliphatic heterocycles. The number of carboxylic acids is 3. The van der Waals surface area contributed by atoms with Gasteiger partial charge in [-0.25, -0.2) is 14.4 Å². The van der Waals surface area contributed by atoms with Crippen LogP contribution in [0.3, 0.4) is 0 Å². The first-order chi connectivity index (χ1) is 50.5. The van der Waals surface area contributed by atoms with Gasteiger partial charge in [0.2, 0.25) is 0 Å². The minimum atomic E-state index is -1.31. The number of rotatable bonds is 29. The third-order valence-corrected chi connectivity index (χ3v) is 16.2. The molecule has 10 rings (SSSR count). The summed E-state index contributed by atoms with van der Waals surface area (Å²) in [6, 6.07) is 26.9. The summed E-state index contributed by atoms with van der Waals surface area (Å²) in [6.07, 6.45) is 0.250. The number of benzene rings is 6. The minimum absolute atomic E-state index is 0.0247. The molecular weight excluding hydrogens is 1470 g/mol. The number of carbonyl (C=O) groups excluding carboxylic acids is 10. The zero-order valence-electron chi connectivity index (χ0n) is 57.9. The maximum atomic E-state index is 13.3. The monoisotopic (exact) mass is 1540 g/mol. The molecule has 4 amide bonds. The van der Waals surface area contributed by atoms with Crippen LogP contribution in [0.5, 0.6) is 57.5 Å². The van der Waals surface area contributed by atoms with Crippen molar-refractivity contribution in [1.82, 2.24) is 18.3 Å². The van der Waals surface area contributed by atoms with Crippen LogP contribution in [-0.2, 0) is 68.8 Å². The van der Waals surface area contributed by atoms with Gasteiger partial charge in [-0.15, -0.1) is 0 Å². The number of amides is 4. The fraction of sp³-hybridized carbons (Fsp3) is 0.222. The number of aromatic nitrogens is 4. The molecule has 4 aromatic heterocycles. The van der Waals surface area contributed by atoms with Crippen LogP contribution in [0.25, 0.3) is 43.6 Å². The van der Waals surface area contributed by atoms with Crippen molar-refractivity contribution in [2.75, 3.05) is 26.4 Å². The van der Waals surface area contributed by atoms with Crippen LogP contribution in [0.4, 0.5) is 0 Å². The Balaban J connectivity index is 0.000000371. The SMILES string of the molecule is Cc1c(C(=O)C(N)=O)c2c(OCC(=O)O)cccc2n1COc1cc(OCn2c(C)c(C(=O)C(N)=O)c3c(OCC(=O)O)cccc32)cc(OCn2c(C)c(C(=O)C(N)=O)c3c(OCC(=O)O)cccc32)c1.Cc1c(C(=O)C(N)=O)c2c(OCC(C)(C)C)cccc2n1CBr.O=C=O.Oc1cc(O)cc(O)c1. The molecule has 6 aromatic carbocycles. The number of carbonyl (C=O) groups is 11. The molecular formula is C72H69BrN8O26. The number of Topliss-reactive ketones (excluding diaryl/α,β-unsaturated/α-hetero) is 4. The number of carboxylic acid groups (broad SMARTS) is 3. The number of aromatic hydroxyl groups is 3. The molecule has 10 aromatic rings. The number of nitrogens with zero attached hydrogens (tertiary/aromatic N) is 4. The Morgan fingerprint density at radius 1 is 0.393 bits per heavy atom. The molecule has 0 radical (unpaired) electrons. The first-order valence-electron chi connectivity index (χ1n) is 31.3. The van der Waals surface area contributed by atoms with Crippen molar-refractivity contribution in [1.29, 1.82) is 0 Å². The van der Waals surface area contributed by atoms with Crippen LogP contribution in [0.15, 0.2) is 109 Å². The fourth-order valence-corrected chi connectivity index (χ4v) is 11.9. The van der Waals surface area contributed by atoms with Crippen LogP contribution in [0.2, 0.25) is 0 Å². The molecule has 35 heteroatoms. The van der Waals surface area contributed by atoms with E-state index < -0.39 is 84.5 Å². The van der Waals surface area contributed by atoms with Crippen LogP contribution in [0, 0.1) is 33.1 Å². The lowest BCUT2D eigenvalue weighted by molar-refractivity contribution is -0.192. The highest BCUT2D eigenvalue weighted by atomic mass is 79.9. The Kier molecular flexibility index (Phi) is 26.0. The van der Waals surface area contributed by atoms with Crippen LogP contribution >= 0.6 is 15.9 Å². The van der Waals surface area contributed by atoms with Crippen LogP contribution in [-0.4, -0.2) is 146 Å². The lowest BCUT2D eigenvalue weighted by Crippen LogP contribution is -2.24. The number of ketones is 4. The number of halogens is 1. The van der Waals surface area contributed by atoms with Crippen molar-refractivity contribution >= 4 is 130 Å². The number of nitrogens with two attached hydrogens (primary N) is 4. The molecule has 0 atom stereocenters. The third kappa shape index (κ3) is 18.8. The van der Waals surface area contributed by atoms with E-state index in [-0.39, 0.29) is 150 Å². The molecule has 0 bridgehead atoms. The molecule has 0 aliphatic carbocycles. The maximum absolute atomic E-state index is 13.3. The van der Waals surface area contributed by atoms with Gasteiger partial charge in [0.15, 0.2) is 40.0 Å². The summed E-state index contributed by atoms with van der Waals surface area (Å²) < 4.78 is 47.7. The Hall–Kier alpha value is -13.7. The maximum Gasteiger partial charge on any atom is 0.373 e. The van der Waals surface area contributed by atoms with Crippen LogP contribution in [0.1, 0.15) is 85.0 Å². The highest BCUT2D eigenvalue weighted by molar-refractivity contribution is 9.08. The molecule has 0 saturated carbocycles. The average molecular weight is 1540 g/mol. The normalized spacial score (nSPS) is 10.8. The summed E-state index contributed by atoms with van der Waals surface area (Å²) in [5.41, 5.74) is 24.8. The van der Waals surface area contributed by atoms with E-state index in [4.69, 9.17) is 81.0 Å². The highest BCUT2D eigenvalue weighted by Gasteiger charge is 2.32. The lowest BCUT2D eigenvalue weighted by Gasteiger charge is -2.19. The predicted molar refractivity (Wildman–Crippen MR) is 379 cm³/mol. The Morgan fingerprint density at radius 2 is 0.626 bits per heavy atom. The summed E-state index contributed by atoms with van der Waals surface area (Å²) in [6.45, 7) is 9.55. The van der Waals surface area contributed by atoms with Gasteiger partial charge in [-0.3, -0.25) is 38.4 Å². The third-order valence-electron chi connectivity index (χ3n) is 15.7. The van der Waals surface area contributed by atoms with Crippen molar-refractivity contribution in [2.45, 2.75) is 74.1 Å². The zero-order chi connectivity index (χ0) is 79.2. The summed E-state index contributed by atoms with van der Waals surface area (Å²) in [5, 5.41) is 54.9. The van der Waals surface area contributed by atoms with E-state index in [9.17, 15) is 68.1 Å². The number of alkyl halides is 1. The number of hydrogen-bond donors (Lipinski definition) is 10. The number of aliphatic carboxylic acids is 3. The largest absolute Gasteiger partial charge is 0.508 e. The van der Waals surface area contributed by atoms with Crippen molar-refractivity contribution in [3.8, 4) is 57.5 Å². The second-order valence-corrected chi connectivity index (χ2v) is 24.7. The molecule has 0 saturated heterocycles. The fourth-order valence-electron chi connectivity index (χ4n) is 11.2. The molecule has 560 valence electrons. The van der Waals surface area contributed by atoms with Crippen LogP contribution < -0.4 is 56.1 Å². The van der Waals surface area contributed by atoms with Gasteiger partial charge >= 0.3 is 24.1 Å². The second-order valence-electron chi connectivity index (χ2n) is 24.2. The molecule has 14 N–H and O–H groups in total. The quantitative estimate of drug-likeness (QED) is 0.0134. The van der Waals surface area contributed by atoms with Gasteiger partial charge in [0, 0.05) is 59.2 Å². The van der Waals surface area contributed by atoms with E-state index in [1.807, 2.05) is 22.8 Å². The molecule has 4 heterocycles. The van der Waals surface area contributed by atoms with Gasteiger partial charge in [0.1, 0.15) is 57.5 Å². The number of ether oxygens (including phenoxy) is 7. The van der Waals surface area contributed by atoms with E-state index >= 15 is 0 Å². The van der Waals surface area contributed by atoms with Gasteiger partial charge in [0.05, 0.1) is 77.9 Å². The molecule has 107 heavy (non-hydrogen) atoms. The molecule has 0 unspecified atom stereocenters. The average Bonchev–Trinajstić information content (AvgIpc) is 1.63. The topological polar surface area (TPSA) is 532 Å². The van der Waals surface area contributed by atoms with Gasteiger partial charge in [-0.2, -0.15) is 9.59 Å². The molecule has 0 aliphatic rings. The van der Waals surface area contributed by atoms with Crippen molar-refractivity contribution in [3.63, 3.8) is 0 Å². The van der Waals surface area contributed by atoms with E-state index in [2.05, 4.69) is 36.7 Å². The predicted octanol–water partition coefficient (Wildman–Crippen LogP) is 6.59. The molecule has 34 nitrogen and oxygen atoms in total. The van der Waals surface area contributed by atoms with Gasteiger partial charge in [0.25, 0.3) is 46.8 Å². The summed E-state index contributed by atoms with van der Waals surface area (Å²) in [4.78, 5) is 151. The van der Waals surface area contributed by atoms with Gasteiger partial charge in [-0.05, 0) is 81.6 Å². The number of phenolic OH excluding ortho intramolecular Hbond substituents is 3. The Labute approximate surface area is 612 Å². The van der Waals surface area contributed by atoms with Crippen molar-refractivity contribution in [2.24, 2.45) is 28.3 Å². The number of phenols is 3. The molecule has 0 spiro atoms. The van der Waals surface area contributed by atoms with E-state index in [1.165, 1.54) is 89.1 Å². The second kappa shape index (κ2) is 34.5. The standard InChI is InChI=1S/C48H42N6O18.C17H21BrN2O3.C6H6O3.CO2/c1-22-37(43(61)46(49)64)40-28(7-4-10-31(40)67-16-34(55)56)52(22)19-70-25-13-26(71-20-53-23(2)38(44(62)47(50)65)41-29(53)8-5-11-32(41)68-17-35(57)58)15-27(14-25)72-21-54-24(3)39(45(63)48(51)66)42-30(54)9-6-12-33(42)69-18-36(59)60;1-10-13(15(21)16(19)22)14-11(20(10)9-18)6-5-7-12(14)23-8-17(2,3)4;7-4-1-5(8)3-6(9)2-4;2-1-3/h4-15H,16-21H2,1-3H3,(H2,49,64)(H2,50,65)(H2,51,66)(H,55,56)(H,57,58)(H,59,60);5-7H,8-9H2,1-4H3,(H2,19,22);1-3,7-9H;. The van der Waals surface area contributed by atoms with E-state index in [1.54, 1.807) is 25.1 Å². The minimum Gasteiger partial charge on any atom is -0.508 e. The summed E-state index contributed by atoms with van der Waals surface area (Å²) >= 11 is 3.42.